The van der Waals surface area contributed by atoms with Crippen molar-refractivity contribution < 1.29 is 9.47 Å². The number of thioether (sulfide) groups is 1. The molecular formula is C15H17N5O2S. The zero-order valence-electron chi connectivity index (χ0n) is 13.3. The highest BCUT2D eigenvalue weighted by atomic mass is 32.2. The number of hydrogen-bond donors (Lipinski definition) is 1. The molecular weight excluding hydrogens is 314 g/mol. The Morgan fingerprint density at radius 3 is 2.52 bits per heavy atom. The average Bonchev–Trinajstić information content (AvgIpc) is 2.98. The molecule has 8 heteroatoms. The van der Waals surface area contributed by atoms with Crippen molar-refractivity contribution in [2.75, 3.05) is 26.2 Å². The fourth-order valence-corrected chi connectivity index (χ4v) is 2.79. The zero-order valence-corrected chi connectivity index (χ0v) is 14.1. The van der Waals surface area contributed by atoms with Crippen molar-refractivity contribution in [1.82, 2.24) is 19.6 Å². The number of rotatable bonds is 4. The highest BCUT2D eigenvalue weighted by Crippen LogP contribution is 2.35. The molecule has 0 atom stereocenters. The lowest BCUT2D eigenvalue weighted by atomic mass is 10.0. The maximum atomic E-state index is 6.32. The number of ether oxygens (including phenoxy) is 2. The normalized spacial score (nSPS) is 11.0. The van der Waals surface area contributed by atoms with Crippen LogP contribution in [0.2, 0.25) is 0 Å². The van der Waals surface area contributed by atoms with Crippen LogP contribution in [0.3, 0.4) is 0 Å². The topological polar surface area (TPSA) is 87.6 Å². The molecule has 0 aliphatic rings. The average molecular weight is 331 g/mol. The Morgan fingerprint density at radius 1 is 1.13 bits per heavy atom. The van der Waals surface area contributed by atoms with E-state index in [2.05, 4.69) is 15.1 Å². The second-order valence-electron chi connectivity index (χ2n) is 4.84. The number of anilines is 1. The molecule has 0 radical (unpaired) electrons. The summed E-state index contributed by atoms with van der Waals surface area (Å²) in [6, 6.07) is 5.63. The van der Waals surface area contributed by atoms with Gasteiger partial charge in [0.15, 0.2) is 11.5 Å². The smallest absolute Gasteiger partial charge is 0.255 e. The van der Waals surface area contributed by atoms with Crippen molar-refractivity contribution in [2.24, 2.45) is 0 Å². The summed E-state index contributed by atoms with van der Waals surface area (Å²) in [6.45, 7) is 1.90. The van der Waals surface area contributed by atoms with Gasteiger partial charge in [0.2, 0.25) is 5.16 Å². The predicted octanol–water partition coefficient (Wildman–Crippen LogP) is 2.42. The number of aromatic nitrogens is 4. The summed E-state index contributed by atoms with van der Waals surface area (Å²) < 4.78 is 12.2. The van der Waals surface area contributed by atoms with Crippen LogP contribution in [-0.2, 0) is 0 Å². The number of fused-ring (bicyclic) bond motifs is 1. The van der Waals surface area contributed by atoms with E-state index in [1.807, 2.05) is 31.4 Å². The van der Waals surface area contributed by atoms with Gasteiger partial charge in [-0.05, 0) is 30.9 Å². The Hall–Kier alpha value is -2.48. The number of benzene rings is 1. The Labute approximate surface area is 137 Å². The van der Waals surface area contributed by atoms with Gasteiger partial charge in [-0.3, -0.25) is 0 Å². The van der Waals surface area contributed by atoms with Crippen LogP contribution in [0.25, 0.3) is 16.9 Å². The van der Waals surface area contributed by atoms with Crippen LogP contribution >= 0.6 is 11.8 Å². The Balaban J connectivity index is 2.23. The molecule has 1 aromatic carbocycles. The molecule has 2 N–H and O–H groups in total. The third-order valence-corrected chi connectivity index (χ3v) is 4.08. The Bertz CT molecular complexity index is 878. The van der Waals surface area contributed by atoms with Gasteiger partial charge >= 0.3 is 0 Å². The molecule has 120 valence electrons. The number of nitrogens with zero attached hydrogens (tertiary/aromatic N) is 4. The van der Waals surface area contributed by atoms with Gasteiger partial charge in [-0.2, -0.15) is 9.50 Å². The quantitative estimate of drug-likeness (QED) is 0.735. The summed E-state index contributed by atoms with van der Waals surface area (Å²) in [5, 5.41) is 4.99. The molecule has 0 spiro atoms. The van der Waals surface area contributed by atoms with E-state index in [1.54, 1.807) is 18.7 Å². The molecule has 0 aliphatic carbocycles. The maximum absolute atomic E-state index is 6.32. The summed E-state index contributed by atoms with van der Waals surface area (Å²) in [5.74, 6) is 2.28. The van der Waals surface area contributed by atoms with E-state index in [0.29, 0.717) is 28.3 Å². The van der Waals surface area contributed by atoms with Gasteiger partial charge in [0.25, 0.3) is 5.78 Å². The number of nitrogens with two attached hydrogens (primary N) is 1. The van der Waals surface area contributed by atoms with Gasteiger partial charge in [0.1, 0.15) is 5.82 Å². The summed E-state index contributed by atoms with van der Waals surface area (Å²) in [4.78, 5) is 8.83. The summed E-state index contributed by atoms with van der Waals surface area (Å²) in [6.07, 6.45) is 1.91. The first-order valence-electron chi connectivity index (χ1n) is 6.88. The van der Waals surface area contributed by atoms with Crippen molar-refractivity contribution >= 4 is 23.4 Å². The fourth-order valence-electron chi connectivity index (χ4n) is 2.45. The van der Waals surface area contributed by atoms with Crippen LogP contribution in [0.4, 0.5) is 5.82 Å². The summed E-state index contributed by atoms with van der Waals surface area (Å²) in [7, 11) is 3.20. The minimum atomic E-state index is 0.493. The van der Waals surface area contributed by atoms with Crippen LogP contribution in [0.15, 0.2) is 23.4 Å². The van der Waals surface area contributed by atoms with Crippen molar-refractivity contribution in [1.29, 1.82) is 0 Å². The number of aryl methyl sites for hydroxylation is 1. The molecule has 0 fully saturated rings. The molecule has 2 heterocycles. The molecule has 2 aromatic heterocycles. The van der Waals surface area contributed by atoms with Crippen LogP contribution in [-0.4, -0.2) is 40.1 Å². The van der Waals surface area contributed by atoms with E-state index >= 15 is 0 Å². The van der Waals surface area contributed by atoms with Gasteiger partial charge < -0.3 is 15.2 Å². The van der Waals surface area contributed by atoms with Crippen LogP contribution in [0.5, 0.6) is 11.5 Å². The molecule has 0 saturated heterocycles. The van der Waals surface area contributed by atoms with Gasteiger partial charge in [0.05, 0.1) is 19.9 Å². The predicted molar refractivity (Wildman–Crippen MR) is 90.3 cm³/mol. The molecule has 0 amide bonds. The van der Waals surface area contributed by atoms with Crippen molar-refractivity contribution in [3.05, 3.63) is 23.9 Å². The van der Waals surface area contributed by atoms with Crippen LogP contribution in [0, 0.1) is 6.92 Å². The Morgan fingerprint density at radius 2 is 1.87 bits per heavy atom. The fraction of sp³-hybridized carbons (Fsp3) is 0.267. The van der Waals surface area contributed by atoms with E-state index in [1.165, 1.54) is 11.8 Å². The van der Waals surface area contributed by atoms with E-state index in [9.17, 15) is 0 Å². The van der Waals surface area contributed by atoms with Crippen molar-refractivity contribution in [3.8, 4) is 22.6 Å². The van der Waals surface area contributed by atoms with Crippen LogP contribution in [0.1, 0.15) is 5.69 Å². The lowest BCUT2D eigenvalue weighted by molar-refractivity contribution is 0.355. The maximum Gasteiger partial charge on any atom is 0.255 e. The SMILES string of the molecule is COc1ccc(-c2c(C)nc3nc(SC)nn3c2N)cc1OC. The van der Waals surface area contributed by atoms with E-state index in [-0.39, 0.29) is 0 Å². The van der Waals surface area contributed by atoms with Gasteiger partial charge in [-0.1, -0.05) is 17.8 Å². The highest BCUT2D eigenvalue weighted by Gasteiger charge is 2.17. The molecule has 3 rings (SSSR count). The number of hydrogen-bond acceptors (Lipinski definition) is 7. The first kappa shape index (κ1) is 15.4. The number of nitrogen functional groups attached to an aromatic ring is 1. The van der Waals surface area contributed by atoms with Gasteiger partial charge in [-0.15, -0.1) is 5.10 Å². The monoisotopic (exact) mass is 331 g/mol. The highest BCUT2D eigenvalue weighted by molar-refractivity contribution is 7.98. The minimum Gasteiger partial charge on any atom is -0.493 e. The molecule has 0 bridgehead atoms. The minimum absolute atomic E-state index is 0.493. The number of methoxy groups -OCH3 is 2. The lowest BCUT2D eigenvalue weighted by Gasteiger charge is -2.13. The van der Waals surface area contributed by atoms with E-state index < -0.39 is 0 Å². The van der Waals surface area contributed by atoms with Gasteiger partial charge in [-0.25, -0.2) is 4.98 Å². The zero-order chi connectivity index (χ0) is 16.6. The molecule has 3 aromatic rings. The van der Waals surface area contributed by atoms with Crippen molar-refractivity contribution in [3.63, 3.8) is 0 Å². The molecule has 23 heavy (non-hydrogen) atoms. The summed E-state index contributed by atoms with van der Waals surface area (Å²) >= 11 is 1.45. The summed E-state index contributed by atoms with van der Waals surface area (Å²) in [5.41, 5.74) is 8.79. The first-order chi connectivity index (χ1) is 11.1. The van der Waals surface area contributed by atoms with Crippen LogP contribution < -0.4 is 15.2 Å². The second-order valence-corrected chi connectivity index (χ2v) is 5.61. The Kier molecular flexibility index (Phi) is 3.99. The van der Waals surface area contributed by atoms with E-state index in [0.717, 1.165) is 16.8 Å². The third-order valence-electron chi connectivity index (χ3n) is 3.54. The molecule has 0 unspecified atom stereocenters. The van der Waals surface area contributed by atoms with Crippen molar-refractivity contribution in [2.45, 2.75) is 12.1 Å². The standard InChI is InChI=1S/C15H17N5O2S/c1-8-12(9-5-6-10(21-2)11(7-9)22-3)13(16)20-14(17-8)18-15(19-20)23-4/h5-7H,16H2,1-4H3. The third kappa shape index (κ3) is 2.55. The van der Waals surface area contributed by atoms with Gasteiger partial charge in [0, 0.05) is 5.56 Å². The van der Waals surface area contributed by atoms with E-state index in [4.69, 9.17) is 15.2 Å². The lowest BCUT2D eigenvalue weighted by Crippen LogP contribution is -2.06. The molecule has 7 nitrogen and oxygen atoms in total. The largest absolute Gasteiger partial charge is 0.493 e. The molecule has 0 saturated carbocycles. The second kappa shape index (κ2) is 5.96. The molecule has 0 aliphatic heterocycles. The first-order valence-corrected chi connectivity index (χ1v) is 8.10.